The lowest BCUT2D eigenvalue weighted by Gasteiger charge is -2.26. The maximum atomic E-state index is 11.8. The lowest BCUT2D eigenvalue weighted by Crippen LogP contribution is -2.46. The van der Waals surface area contributed by atoms with E-state index in [1.54, 1.807) is 17.5 Å². The highest BCUT2D eigenvalue weighted by Crippen LogP contribution is 2.14. The normalized spacial score (nSPS) is 18.4. The fourth-order valence-corrected chi connectivity index (χ4v) is 3.82. The van der Waals surface area contributed by atoms with Crippen molar-refractivity contribution in [2.24, 2.45) is 0 Å². The summed E-state index contributed by atoms with van der Waals surface area (Å²) >= 11 is 1.24. The second-order valence-electron chi connectivity index (χ2n) is 3.92. The van der Waals surface area contributed by atoms with Gasteiger partial charge in [0.05, 0.1) is 0 Å². The Labute approximate surface area is 106 Å². The third-order valence-electron chi connectivity index (χ3n) is 2.69. The van der Waals surface area contributed by atoms with Crippen molar-refractivity contribution in [1.82, 2.24) is 14.9 Å². The van der Waals surface area contributed by atoms with Gasteiger partial charge in [0.15, 0.2) is 0 Å². The average Bonchev–Trinajstić information content (AvgIpc) is 2.84. The molecule has 0 unspecified atom stereocenters. The van der Waals surface area contributed by atoms with Crippen LogP contribution in [0, 0.1) is 0 Å². The summed E-state index contributed by atoms with van der Waals surface area (Å²) in [7, 11) is -3.29. The number of thiophene rings is 1. The van der Waals surface area contributed by atoms with E-state index in [4.69, 9.17) is 0 Å². The first-order valence-corrected chi connectivity index (χ1v) is 8.01. The van der Waals surface area contributed by atoms with Gasteiger partial charge in [-0.2, -0.15) is 0 Å². The molecule has 1 fully saturated rings. The topological polar surface area (TPSA) is 61.4 Å². The number of sulfonamides is 1. The molecule has 0 atom stereocenters. The molecule has 0 radical (unpaired) electrons. The lowest BCUT2D eigenvalue weighted by atomic mass is 10.3. The molecule has 1 aliphatic heterocycles. The van der Waals surface area contributed by atoms with Crippen LogP contribution in [-0.2, 0) is 10.0 Å². The fourth-order valence-electron chi connectivity index (χ4n) is 1.76. The van der Waals surface area contributed by atoms with Crippen LogP contribution in [-0.4, -0.2) is 52.6 Å². The quantitative estimate of drug-likeness (QED) is 0.790. The molecule has 0 saturated carbocycles. The van der Waals surface area contributed by atoms with Gasteiger partial charge < -0.3 is 5.32 Å². The van der Waals surface area contributed by atoms with Crippen molar-refractivity contribution in [2.75, 3.05) is 39.3 Å². The van der Waals surface area contributed by atoms with Gasteiger partial charge in [-0.05, 0) is 11.4 Å². The molecule has 1 aromatic rings. The van der Waals surface area contributed by atoms with Crippen molar-refractivity contribution in [3.05, 3.63) is 17.5 Å². The van der Waals surface area contributed by atoms with E-state index in [0.29, 0.717) is 10.8 Å². The molecule has 7 heteroatoms. The smallest absolute Gasteiger partial charge is 0.250 e. The molecule has 0 bridgehead atoms. The zero-order valence-electron chi connectivity index (χ0n) is 9.55. The zero-order valence-corrected chi connectivity index (χ0v) is 11.2. The Morgan fingerprint density at radius 2 is 2.18 bits per heavy atom. The van der Waals surface area contributed by atoms with Crippen LogP contribution in [0.5, 0.6) is 0 Å². The van der Waals surface area contributed by atoms with Crippen molar-refractivity contribution in [3.63, 3.8) is 0 Å². The highest BCUT2D eigenvalue weighted by atomic mass is 32.2. The lowest BCUT2D eigenvalue weighted by molar-refractivity contribution is 0.245. The number of rotatable bonds is 5. The Morgan fingerprint density at radius 3 is 2.82 bits per heavy atom. The van der Waals surface area contributed by atoms with E-state index in [0.717, 1.165) is 32.7 Å². The van der Waals surface area contributed by atoms with Crippen LogP contribution in [0.25, 0.3) is 0 Å². The number of nitrogens with one attached hydrogen (secondary N) is 2. The first-order valence-electron chi connectivity index (χ1n) is 5.65. The standard InChI is InChI=1S/C10H17N3O2S2/c14-17(15,10-2-1-9-16-10)12-5-8-13-6-3-11-4-7-13/h1-2,9,11-12H,3-8H2. The molecule has 0 spiro atoms. The van der Waals surface area contributed by atoms with Crippen molar-refractivity contribution >= 4 is 21.4 Å². The summed E-state index contributed by atoms with van der Waals surface area (Å²) in [6.45, 7) is 5.18. The van der Waals surface area contributed by atoms with E-state index in [1.165, 1.54) is 11.3 Å². The SMILES string of the molecule is O=S(=O)(NCCN1CCNCC1)c1cccs1. The Balaban J connectivity index is 1.78. The predicted octanol–water partition coefficient (Wildman–Crippen LogP) is -0.0684. The van der Waals surface area contributed by atoms with Gasteiger partial charge >= 0.3 is 0 Å². The fraction of sp³-hybridized carbons (Fsp3) is 0.600. The first-order chi connectivity index (χ1) is 8.18. The molecule has 1 aliphatic rings. The molecule has 1 saturated heterocycles. The minimum Gasteiger partial charge on any atom is -0.314 e. The van der Waals surface area contributed by atoms with Crippen LogP contribution >= 0.6 is 11.3 Å². The monoisotopic (exact) mass is 275 g/mol. The molecule has 0 aliphatic carbocycles. The van der Waals surface area contributed by atoms with Crippen LogP contribution in [0.2, 0.25) is 0 Å². The van der Waals surface area contributed by atoms with E-state index >= 15 is 0 Å². The minimum absolute atomic E-state index is 0.387. The van der Waals surface area contributed by atoms with Gasteiger partial charge in [0.2, 0.25) is 10.0 Å². The molecular weight excluding hydrogens is 258 g/mol. The summed E-state index contributed by atoms with van der Waals surface area (Å²) < 4.78 is 26.6. The Bertz CT molecular complexity index is 424. The van der Waals surface area contributed by atoms with Crippen LogP contribution < -0.4 is 10.0 Å². The second-order valence-corrected chi connectivity index (χ2v) is 6.86. The van der Waals surface area contributed by atoms with Crippen LogP contribution in [0.1, 0.15) is 0 Å². The van der Waals surface area contributed by atoms with Crippen molar-refractivity contribution in [2.45, 2.75) is 4.21 Å². The van der Waals surface area contributed by atoms with Gasteiger partial charge in [-0.15, -0.1) is 11.3 Å². The number of nitrogens with zero attached hydrogens (tertiary/aromatic N) is 1. The van der Waals surface area contributed by atoms with Gasteiger partial charge in [0, 0.05) is 39.3 Å². The summed E-state index contributed by atoms with van der Waals surface area (Å²) in [5.41, 5.74) is 0. The zero-order chi connectivity index (χ0) is 12.1. The average molecular weight is 275 g/mol. The number of piperazine rings is 1. The first kappa shape index (κ1) is 13.0. The van der Waals surface area contributed by atoms with Crippen LogP contribution in [0.4, 0.5) is 0 Å². The Hall–Kier alpha value is -0.470. The van der Waals surface area contributed by atoms with Gasteiger partial charge in [-0.3, -0.25) is 4.90 Å². The highest BCUT2D eigenvalue weighted by Gasteiger charge is 2.15. The van der Waals surface area contributed by atoms with Gasteiger partial charge in [0.25, 0.3) is 0 Å². The molecular formula is C10H17N3O2S2. The second kappa shape index (κ2) is 5.92. The van der Waals surface area contributed by atoms with Gasteiger partial charge in [-0.25, -0.2) is 13.1 Å². The molecule has 2 heterocycles. The molecule has 2 N–H and O–H groups in total. The molecule has 2 rings (SSSR count). The minimum atomic E-state index is -3.29. The summed E-state index contributed by atoms with van der Waals surface area (Å²) in [6.07, 6.45) is 0. The van der Waals surface area contributed by atoms with Gasteiger partial charge in [-0.1, -0.05) is 6.07 Å². The molecule has 0 amide bonds. The summed E-state index contributed by atoms with van der Waals surface area (Å²) in [6, 6.07) is 3.37. The molecule has 0 aromatic carbocycles. The largest absolute Gasteiger partial charge is 0.314 e. The Kier molecular flexibility index (Phi) is 4.52. The predicted molar refractivity (Wildman–Crippen MR) is 68.8 cm³/mol. The van der Waals surface area contributed by atoms with Crippen LogP contribution in [0.3, 0.4) is 0 Å². The van der Waals surface area contributed by atoms with Crippen molar-refractivity contribution in [3.8, 4) is 0 Å². The highest BCUT2D eigenvalue weighted by molar-refractivity contribution is 7.91. The summed E-state index contributed by atoms with van der Waals surface area (Å²) in [5, 5.41) is 5.03. The van der Waals surface area contributed by atoms with Crippen LogP contribution in [0.15, 0.2) is 21.7 Å². The number of hydrogen-bond acceptors (Lipinski definition) is 5. The third kappa shape index (κ3) is 3.75. The van der Waals surface area contributed by atoms with E-state index < -0.39 is 10.0 Å². The van der Waals surface area contributed by atoms with E-state index in [-0.39, 0.29) is 0 Å². The maximum Gasteiger partial charge on any atom is 0.250 e. The summed E-state index contributed by atoms with van der Waals surface area (Å²) in [5.74, 6) is 0. The van der Waals surface area contributed by atoms with E-state index in [2.05, 4.69) is 14.9 Å². The molecule has 1 aromatic heterocycles. The molecule has 17 heavy (non-hydrogen) atoms. The molecule has 96 valence electrons. The Morgan fingerprint density at radius 1 is 1.41 bits per heavy atom. The third-order valence-corrected chi connectivity index (χ3v) is 5.55. The molecule has 5 nitrogen and oxygen atoms in total. The van der Waals surface area contributed by atoms with Gasteiger partial charge in [0.1, 0.15) is 4.21 Å². The van der Waals surface area contributed by atoms with Crippen molar-refractivity contribution in [1.29, 1.82) is 0 Å². The number of hydrogen-bond donors (Lipinski definition) is 2. The maximum absolute atomic E-state index is 11.8. The van der Waals surface area contributed by atoms with E-state index in [1.807, 2.05) is 0 Å². The summed E-state index contributed by atoms with van der Waals surface area (Å²) in [4.78, 5) is 2.26. The van der Waals surface area contributed by atoms with E-state index in [9.17, 15) is 8.42 Å². The van der Waals surface area contributed by atoms with Crippen molar-refractivity contribution < 1.29 is 8.42 Å².